The van der Waals surface area contributed by atoms with Gasteiger partial charge in [-0.1, -0.05) is 133 Å². The van der Waals surface area contributed by atoms with E-state index >= 15 is 0 Å². The van der Waals surface area contributed by atoms with Crippen molar-refractivity contribution in [2.24, 2.45) is 0 Å². The van der Waals surface area contributed by atoms with E-state index in [-0.39, 0.29) is 0 Å². The summed E-state index contributed by atoms with van der Waals surface area (Å²) < 4.78 is 6.31. The summed E-state index contributed by atoms with van der Waals surface area (Å²) in [7, 11) is 0. The molecule has 0 N–H and O–H groups in total. The Kier molecular flexibility index (Phi) is 24.9. The van der Waals surface area contributed by atoms with Crippen LogP contribution in [-0.4, -0.2) is 18.0 Å². The van der Waals surface area contributed by atoms with Crippen molar-refractivity contribution in [3.05, 3.63) is 0 Å². The van der Waals surface area contributed by atoms with E-state index in [9.17, 15) is 0 Å². The second-order valence-electron chi connectivity index (χ2n) is 8.42. The number of hydrogen-bond acceptors (Lipinski definition) is 1. The number of ether oxygens (including phenoxy) is 1. The van der Waals surface area contributed by atoms with E-state index in [1.807, 2.05) is 0 Å². The van der Waals surface area contributed by atoms with Gasteiger partial charge in [-0.3, -0.25) is 0 Å². The predicted molar refractivity (Wildman–Crippen MR) is 127 cm³/mol. The first-order valence-corrected chi connectivity index (χ1v) is 13.6. The lowest BCUT2D eigenvalue weighted by Gasteiger charge is -2.18. The number of alkyl halides is 1. The summed E-state index contributed by atoms with van der Waals surface area (Å²) in [6, 6.07) is 0. The van der Waals surface area contributed by atoms with Crippen LogP contribution in [0.5, 0.6) is 0 Å². The molecular weight excluding hydrogens is 396 g/mol. The van der Waals surface area contributed by atoms with Gasteiger partial charge in [0, 0.05) is 11.9 Å². The van der Waals surface area contributed by atoms with Gasteiger partial charge in [0.1, 0.15) is 0 Å². The van der Waals surface area contributed by atoms with Gasteiger partial charge in [-0.25, -0.2) is 0 Å². The normalized spacial score (nSPS) is 12.6. The van der Waals surface area contributed by atoms with Gasteiger partial charge in [-0.05, 0) is 25.7 Å². The predicted octanol–water partition coefficient (Wildman–Crippen LogP) is 9.61. The van der Waals surface area contributed by atoms with Crippen molar-refractivity contribution in [1.29, 1.82) is 0 Å². The van der Waals surface area contributed by atoms with Crippen molar-refractivity contribution in [3.8, 4) is 0 Å². The van der Waals surface area contributed by atoms with Crippen LogP contribution in [0.15, 0.2) is 0 Å². The van der Waals surface area contributed by atoms with Crippen LogP contribution < -0.4 is 0 Å². The number of rotatable bonds is 23. The lowest BCUT2D eigenvalue weighted by Crippen LogP contribution is -2.14. The van der Waals surface area contributed by atoms with Crippen molar-refractivity contribution in [3.63, 3.8) is 0 Å². The van der Waals surface area contributed by atoms with E-state index in [0.717, 1.165) is 11.9 Å². The first kappa shape index (κ1) is 27.4. The standard InChI is InChI=1S/C25H51BrO/c1-3-5-7-9-11-12-13-17-21-25(22-18-14-15-19-23-26)27-24-20-16-10-8-6-4-2/h25H,3-24H2,1-2H3. The molecule has 1 nitrogen and oxygen atoms in total. The smallest absolute Gasteiger partial charge is 0.0575 e. The number of halogens is 1. The molecule has 27 heavy (non-hydrogen) atoms. The third-order valence-corrected chi connectivity index (χ3v) is 6.20. The molecule has 0 aromatic carbocycles. The van der Waals surface area contributed by atoms with Crippen molar-refractivity contribution >= 4 is 15.9 Å². The van der Waals surface area contributed by atoms with E-state index in [0.29, 0.717) is 6.10 Å². The summed E-state index contributed by atoms with van der Waals surface area (Å²) in [5, 5.41) is 1.16. The second kappa shape index (κ2) is 24.5. The molecule has 0 spiro atoms. The maximum Gasteiger partial charge on any atom is 0.0575 e. The molecule has 164 valence electrons. The van der Waals surface area contributed by atoms with Crippen LogP contribution in [-0.2, 0) is 4.74 Å². The monoisotopic (exact) mass is 446 g/mol. The highest BCUT2D eigenvalue weighted by Gasteiger charge is 2.09. The van der Waals surface area contributed by atoms with Gasteiger partial charge in [-0.15, -0.1) is 0 Å². The van der Waals surface area contributed by atoms with Crippen molar-refractivity contribution in [1.82, 2.24) is 0 Å². The third kappa shape index (κ3) is 22.6. The summed E-state index contributed by atoms with van der Waals surface area (Å²) in [6.07, 6.45) is 28.0. The SMILES string of the molecule is CCCCCCCCCCC(CCCCCCBr)OCCCCCCCC. The van der Waals surface area contributed by atoms with E-state index in [2.05, 4.69) is 29.8 Å². The fourth-order valence-electron chi connectivity index (χ4n) is 3.77. The highest BCUT2D eigenvalue weighted by molar-refractivity contribution is 9.09. The molecule has 0 rings (SSSR count). The average Bonchev–Trinajstić information content (AvgIpc) is 2.68. The van der Waals surface area contributed by atoms with E-state index in [4.69, 9.17) is 4.74 Å². The summed E-state index contributed by atoms with van der Waals surface area (Å²) in [6.45, 7) is 5.58. The maximum absolute atomic E-state index is 6.31. The molecule has 0 aromatic heterocycles. The van der Waals surface area contributed by atoms with Crippen LogP contribution in [0.4, 0.5) is 0 Å². The lowest BCUT2D eigenvalue weighted by molar-refractivity contribution is 0.0357. The molecule has 2 heteroatoms. The fourth-order valence-corrected chi connectivity index (χ4v) is 4.17. The molecule has 0 fully saturated rings. The molecule has 0 aromatic rings. The largest absolute Gasteiger partial charge is 0.378 e. The van der Waals surface area contributed by atoms with Gasteiger partial charge in [0.2, 0.25) is 0 Å². The van der Waals surface area contributed by atoms with Crippen molar-refractivity contribution < 1.29 is 4.74 Å². The second-order valence-corrected chi connectivity index (χ2v) is 9.21. The zero-order valence-electron chi connectivity index (χ0n) is 18.9. The molecule has 0 aliphatic carbocycles. The molecule has 0 aliphatic rings. The lowest BCUT2D eigenvalue weighted by atomic mass is 10.0. The molecule has 0 saturated carbocycles. The summed E-state index contributed by atoms with van der Waals surface area (Å²) >= 11 is 3.54. The zero-order chi connectivity index (χ0) is 19.8. The Bertz CT molecular complexity index is 257. The Hall–Kier alpha value is 0.440. The zero-order valence-corrected chi connectivity index (χ0v) is 20.5. The summed E-state index contributed by atoms with van der Waals surface area (Å²) in [5.74, 6) is 0. The van der Waals surface area contributed by atoms with Crippen LogP contribution in [0.3, 0.4) is 0 Å². The maximum atomic E-state index is 6.31. The van der Waals surface area contributed by atoms with Crippen LogP contribution in [0.25, 0.3) is 0 Å². The minimum absolute atomic E-state index is 0.532. The summed E-state index contributed by atoms with van der Waals surface area (Å²) in [5.41, 5.74) is 0. The third-order valence-electron chi connectivity index (χ3n) is 5.64. The van der Waals surface area contributed by atoms with Crippen LogP contribution >= 0.6 is 15.9 Å². The summed E-state index contributed by atoms with van der Waals surface area (Å²) in [4.78, 5) is 0. The highest BCUT2D eigenvalue weighted by atomic mass is 79.9. The van der Waals surface area contributed by atoms with Gasteiger partial charge in [0.15, 0.2) is 0 Å². The van der Waals surface area contributed by atoms with Gasteiger partial charge < -0.3 is 4.74 Å². The first-order valence-electron chi connectivity index (χ1n) is 12.5. The van der Waals surface area contributed by atoms with Gasteiger partial charge in [0.05, 0.1) is 6.10 Å². The minimum atomic E-state index is 0.532. The van der Waals surface area contributed by atoms with Gasteiger partial charge >= 0.3 is 0 Å². The van der Waals surface area contributed by atoms with Crippen molar-refractivity contribution in [2.75, 3.05) is 11.9 Å². The number of unbranched alkanes of at least 4 members (excludes halogenated alkanes) is 15. The van der Waals surface area contributed by atoms with E-state index < -0.39 is 0 Å². The molecule has 0 aliphatic heterocycles. The van der Waals surface area contributed by atoms with Crippen molar-refractivity contribution in [2.45, 2.75) is 148 Å². The van der Waals surface area contributed by atoms with E-state index in [1.54, 1.807) is 0 Å². The van der Waals surface area contributed by atoms with Gasteiger partial charge in [-0.2, -0.15) is 0 Å². The molecule has 0 heterocycles. The molecule has 0 bridgehead atoms. The first-order chi connectivity index (χ1) is 13.3. The van der Waals surface area contributed by atoms with Crippen LogP contribution in [0.2, 0.25) is 0 Å². The minimum Gasteiger partial charge on any atom is -0.378 e. The molecule has 1 atom stereocenters. The molecule has 0 saturated heterocycles. The van der Waals surface area contributed by atoms with Crippen LogP contribution in [0.1, 0.15) is 142 Å². The molecular formula is C25H51BrO. The van der Waals surface area contributed by atoms with Gasteiger partial charge in [0.25, 0.3) is 0 Å². The fraction of sp³-hybridized carbons (Fsp3) is 1.00. The Morgan fingerprint density at radius 2 is 0.926 bits per heavy atom. The highest BCUT2D eigenvalue weighted by Crippen LogP contribution is 2.17. The number of hydrogen-bond donors (Lipinski definition) is 0. The van der Waals surface area contributed by atoms with Crippen LogP contribution in [0, 0.1) is 0 Å². The molecule has 1 unspecified atom stereocenters. The molecule has 0 amide bonds. The van der Waals surface area contributed by atoms with E-state index in [1.165, 1.54) is 128 Å². The topological polar surface area (TPSA) is 9.23 Å². The Morgan fingerprint density at radius 3 is 1.41 bits per heavy atom. The molecule has 0 radical (unpaired) electrons. The average molecular weight is 448 g/mol. The Labute approximate surface area is 180 Å². The Morgan fingerprint density at radius 1 is 0.519 bits per heavy atom. The Balaban J connectivity index is 3.75. The quantitative estimate of drug-likeness (QED) is 0.112.